The first kappa shape index (κ1) is 17.4. The first-order chi connectivity index (χ1) is 14.2. The Hall–Kier alpha value is -3.67. The van der Waals surface area contributed by atoms with E-state index in [0.29, 0.717) is 30.8 Å². The summed E-state index contributed by atoms with van der Waals surface area (Å²) in [5, 5.41) is 4.16. The molecule has 6 heteroatoms. The Morgan fingerprint density at radius 1 is 1.00 bits per heavy atom. The van der Waals surface area contributed by atoms with Gasteiger partial charge < -0.3 is 14.0 Å². The van der Waals surface area contributed by atoms with Gasteiger partial charge in [-0.3, -0.25) is 4.79 Å². The van der Waals surface area contributed by atoms with E-state index in [-0.39, 0.29) is 11.7 Å². The van der Waals surface area contributed by atoms with Crippen LogP contribution in [0.2, 0.25) is 0 Å². The summed E-state index contributed by atoms with van der Waals surface area (Å²) in [7, 11) is 0. The van der Waals surface area contributed by atoms with Crippen LogP contribution in [0.1, 0.15) is 21.6 Å². The maximum atomic E-state index is 13.2. The van der Waals surface area contributed by atoms with E-state index in [0.717, 1.165) is 22.5 Å². The van der Waals surface area contributed by atoms with E-state index in [9.17, 15) is 9.18 Å². The van der Waals surface area contributed by atoms with E-state index < -0.39 is 0 Å². The highest BCUT2D eigenvalue weighted by Crippen LogP contribution is 2.31. The Labute approximate surface area is 167 Å². The second-order valence-corrected chi connectivity index (χ2v) is 7.06. The number of amides is 1. The number of nitrogens with zero attached hydrogens (tertiary/aromatic N) is 3. The van der Waals surface area contributed by atoms with Crippen molar-refractivity contribution in [1.29, 1.82) is 0 Å². The number of halogens is 1. The summed E-state index contributed by atoms with van der Waals surface area (Å²) in [5.41, 5.74) is 4.19. The predicted octanol–water partition coefficient (Wildman–Crippen LogP) is 4.47. The van der Waals surface area contributed by atoms with E-state index in [1.165, 1.54) is 12.1 Å². The SMILES string of the molecule is O=C(c1ccc(-n2cccc2)cc1)N1CCc2c(noc2-c2ccc(F)cc2)C1. The molecule has 1 aliphatic rings. The van der Waals surface area contributed by atoms with Crippen molar-refractivity contribution in [3.8, 4) is 17.0 Å². The number of fused-ring (bicyclic) bond motifs is 1. The fraction of sp³-hybridized carbons (Fsp3) is 0.130. The van der Waals surface area contributed by atoms with Gasteiger partial charge in [0.15, 0.2) is 5.76 Å². The van der Waals surface area contributed by atoms with Gasteiger partial charge in [-0.05, 0) is 67.1 Å². The molecule has 0 spiro atoms. The maximum Gasteiger partial charge on any atom is 0.254 e. The third-order valence-corrected chi connectivity index (χ3v) is 5.25. The molecule has 1 aliphatic heterocycles. The van der Waals surface area contributed by atoms with E-state index >= 15 is 0 Å². The number of rotatable bonds is 3. The summed E-state index contributed by atoms with van der Waals surface area (Å²) >= 11 is 0. The molecule has 0 saturated carbocycles. The van der Waals surface area contributed by atoms with Gasteiger partial charge in [0.05, 0.1) is 6.54 Å². The molecule has 0 N–H and O–H groups in total. The molecule has 0 unspecified atom stereocenters. The molecular weight excluding hydrogens is 369 g/mol. The van der Waals surface area contributed by atoms with Gasteiger partial charge in [-0.2, -0.15) is 0 Å². The summed E-state index contributed by atoms with van der Waals surface area (Å²) in [4.78, 5) is 14.7. The fourth-order valence-electron chi connectivity index (χ4n) is 3.70. The lowest BCUT2D eigenvalue weighted by atomic mass is 10.00. The molecule has 144 valence electrons. The van der Waals surface area contributed by atoms with Crippen LogP contribution < -0.4 is 0 Å². The highest BCUT2D eigenvalue weighted by atomic mass is 19.1. The molecule has 0 saturated heterocycles. The number of aromatic nitrogens is 2. The van der Waals surface area contributed by atoms with Crippen LogP contribution in [0.4, 0.5) is 4.39 Å². The summed E-state index contributed by atoms with van der Waals surface area (Å²) in [6.45, 7) is 0.985. The largest absolute Gasteiger partial charge is 0.356 e. The van der Waals surface area contributed by atoms with E-state index in [1.807, 2.05) is 53.4 Å². The van der Waals surface area contributed by atoms with Gasteiger partial charge in [-0.25, -0.2) is 4.39 Å². The average molecular weight is 387 g/mol. The highest BCUT2D eigenvalue weighted by molar-refractivity contribution is 5.94. The lowest BCUT2D eigenvalue weighted by Crippen LogP contribution is -2.35. The van der Waals surface area contributed by atoms with E-state index in [4.69, 9.17) is 4.52 Å². The Morgan fingerprint density at radius 2 is 1.72 bits per heavy atom. The fourth-order valence-corrected chi connectivity index (χ4v) is 3.70. The highest BCUT2D eigenvalue weighted by Gasteiger charge is 2.27. The Balaban J connectivity index is 1.34. The smallest absolute Gasteiger partial charge is 0.254 e. The van der Waals surface area contributed by atoms with Crippen molar-refractivity contribution in [2.24, 2.45) is 0 Å². The van der Waals surface area contributed by atoms with Gasteiger partial charge >= 0.3 is 0 Å². The lowest BCUT2D eigenvalue weighted by Gasteiger charge is -2.26. The molecule has 2 aromatic heterocycles. The van der Waals surface area contributed by atoms with Gasteiger partial charge in [-0.15, -0.1) is 0 Å². The molecule has 2 aromatic carbocycles. The first-order valence-electron chi connectivity index (χ1n) is 9.45. The second kappa shape index (κ2) is 7.05. The Morgan fingerprint density at radius 3 is 2.45 bits per heavy atom. The van der Waals surface area contributed by atoms with Crippen LogP contribution in [0.3, 0.4) is 0 Å². The summed E-state index contributed by atoms with van der Waals surface area (Å²) < 4.78 is 20.7. The monoisotopic (exact) mass is 387 g/mol. The Bertz CT molecular complexity index is 1150. The minimum absolute atomic E-state index is 0.0268. The summed E-state index contributed by atoms with van der Waals surface area (Å²) in [6.07, 6.45) is 4.58. The van der Waals surface area contributed by atoms with Gasteiger partial charge in [0.2, 0.25) is 0 Å². The van der Waals surface area contributed by atoms with Crippen molar-refractivity contribution in [2.75, 3.05) is 6.54 Å². The van der Waals surface area contributed by atoms with Crippen LogP contribution in [0.5, 0.6) is 0 Å². The molecule has 29 heavy (non-hydrogen) atoms. The van der Waals surface area contributed by atoms with Crippen molar-refractivity contribution in [2.45, 2.75) is 13.0 Å². The number of carbonyl (C=O) groups excluding carboxylic acids is 1. The first-order valence-corrected chi connectivity index (χ1v) is 9.45. The van der Waals surface area contributed by atoms with Crippen LogP contribution in [-0.2, 0) is 13.0 Å². The normalized spacial score (nSPS) is 13.3. The van der Waals surface area contributed by atoms with Crippen molar-refractivity contribution < 1.29 is 13.7 Å². The summed E-state index contributed by atoms with van der Waals surface area (Å²) in [6, 6.07) is 17.7. The molecule has 5 nitrogen and oxygen atoms in total. The molecule has 3 heterocycles. The molecule has 0 aliphatic carbocycles. The molecule has 0 fully saturated rings. The second-order valence-electron chi connectivity index (χ2n) is 7.06. The van der Waals surface area contributed by atoms with Crippen molar-refractivity contribution in [3.63, 3.8) is 0 Å². The number of benzene rings is 2. The number of hydrogen-bond donors (Lipinski definition) is 0. The van der Waals surface area contributed by atoms with Crippen LogP contribution in [0.15, 0.2) is 77.6 Å². The van der Waals surface area contributed by atoms with Crippen LogP contribution >= 0.6 is 0 Å². The van der Waals surface area contributed by atoms with Gasteiger partial charge in [0, 0.05) is 41.3 Å². The molecule has 1 amide bonds. The van der Waals surface area contributed by atoms with Crippen LogP contribution in [0, 0.1) is 5.82 Å². The van der Waals surface area contributed by atoms with Gasteiger partial charge in [0.25, 0.3) is 5.91 Å². The quantitative estimate of drug-likeness (QED) is 0.521. The van der Waals surface area contributed by atoms with Crippen molar-refractivity contribution in [1.82, 2.24) is 14.6 Å². The maximum absolute atomic E-state index is 13.2. The molecule has 4 aromatic rings. The van der Waals surface area contributed by atoms with Gasteiger partial charge in [0.1, 0.15) is 11.5 Å². The minimum atomic E-state index is -0.290. The molecule has 0 bridgehead atoms. The Kier molecular flexibility index (Phi) is 4.24. The third kappa shape index (κ3) is 3.23. The molecular formula is C23H18FN3O2. The summed E-state index contributed by atoms with van der Waals surface area (Å²) in [5.74, 6) is 0.339. The van der Waals surface area contributed by atoms with Crippen LogP contribution in [-0.4, -0.2) is 27.1 Å². The number of hydrogen-bond acceptors (Lipinski definition) is 3. The van der Waals surface area contributed by atoms with E-state index in [1.54, 1.807) is 17.0 Å². The molecule has 0 radical (unpaired) electrons. The predicted molar refractivity (Wildman–Crippen MR) is 106 cm³/mol. The standard InChI is InChI=1S/C23H18FN3O2/c24-18-7-3-16(4-8-18)22-20-11-14-27(15-21(20)25-29-22)23(28)17-5-9-19(10-6-17)26-12-1-2-13-26/h1-10,12-13H,11,14-15H2. The zero-order chi connectivity index (χ0) is 19.8. The average Bonchev–Trinajstić information content (AvgIpc) is 3.44. The zero-order valence-electron chi connectivity index (χ0n) is 15.6. The molecule has 5 rings (SSSR count). The van der Waals surface area contributed by atoms with E-state index in [2.05, 4.69) is 5.16 Å². The lowest BCUT2D eigenvalue weighted by molar-refractivity contribution is 0.0731. The topological polar surface area (TPSA) is 51.3 Å². The third-order valence-electron chi connectivity index (χ3n) is 5.25. The van der Waals surface area contributed by atoms with Crippen molar-refractivity contribution in [3.05, 3.63) is 95.7 Å². The molecule has 0 atom stereocenters. The number of carbonyl (C=O) groups is 1. The zero-order valence-corrected chi connectivity index (χ0v) is 15.6. The van der Waals surface area contributed by atoms with Crippen molar-refractivity contribution >= 4 is 5.91 Å². The van der Waals surface area contributed by atoms with Gasteiger partial charge in [-0.1, -0.05) is 5.16 Å². The minimum Gasteiger partial charge on any atom is -0.356 e. The van der Waals surface area contributed by atoms with Crippen LogP contribution in [0.25, 0.3) is 17.0 Å².